The molecular weight excluding hydrogens is 376 g/mol. The molecule has 6 nitrogen and oxygen atoms in total. The third-order valence-electron chi connectivity index (χ3n) is 4.58. The van der Waals surface area contributed by atoms with Crippen molar-refractivity contribution in [1.82, 2.24) is 0 Å². The number of esters is 1. The normalized spacial score (nSPS) is 15.6. The number of thiophene rings is 1. The first-order valence-electron chi connectivity index (χ1n) is 8.95. The standard InChI is InChI=1S/C21H18N2O4S/c1-2-27-21(26)18-10-12-9-13(7-8-17(12)28-18)22-20(25)15-11-19(24)23-16-6-4-3-5-14(15)16/h3-10,15H,2,11H2,1H3,(H,22,25)(H,23,24)/t15-/m1/s1. The summed E-state index contributed by atoms with van der Waals surface area (Å²) in [6.45, 7) is 2.09. The molecule has 7 heteroatoms. The fraction of sp³-hybridized carbons (Fsp3) is 0.190. The Balaban J connectivity index is 1.57. The van der Waals surface area contributed by atoms with Gasteiger partial charge in [0.05, 0.1) is 12.5 Å². The average Bonchev–Trinajstić information content (AvgIpc) is 3.11. The van der Waals surface area contributed by atoms with Gasteiger partial charge in [-0.25, -0.2) is 4.79 Å². The Kier molecular flexibility index (Phi) is 4.83. The van der Waals surface area contributed by atoms with E-state index in [0.29, 0.717) is 22.9 Å². The predicted molar refractivity (Wildman–Crippen MR) is 109 cm³/mol. The van der Waals surface area contributed by atoms with E-state index >= 15 is 0 Å². The van der Waals surface area contributed by atoms with Crippen molar-refractivity contribution in [2.75, 3.05) is 17.2 Å². The minimum absolute atomic E-state index is 0.108. The van der Waals surface area contributed by atoms with Crippen LogP contribution in [0.1, 0.15) is 34.5 Å². The minimum Gasteiger partial charge on any atom is -0.462 e. The van der Waals surface area contributed by atoms with Gasteiger partial charge in [0.2, 0.25) is 11.8 Å². The smallest absolute Gasteiger partial charge is 0.348 e. The van der Waals surface area contributed by atoms with Crippen molar-refractivity contribution in [2.45, 2.75) is 19.3 Å². The van der Waals surface area contributed by atoms with Crippen LogP contribution in [-0.4, -0.2) is 24.4 Å². The summed E-state index contributed by atoms with van der Waals surface area (Å²) in [4.78, 5) is 37.2. The fourth-order valence-electron chi connectivity index (χ4n) is 3.30. The molecule has 0 fully saturated rings. The zero-order valence-electron chi connectivity index (χ0n) is 15.2. The van der Waals surface area contributed by atoms with Gasteiger partial charge in [0, 0.05) is 22.5 Å². The van der Waals surface area contributed by atoms with Gasteiger partial charge in [-0.3, -0.25) is 9.59 Å². The van der Waals surface area contributed by atoms with Crippen molar-refractivity contribution in [3.63, 3.8) is 0 Å². The first kappa shape index (κ1) is 18.2. The lowest BCUT2D eigenvalue weighted by Gasteiger charge is -2.24. The maximum Gasteiger partial charge on any atom is 0.348 e. The van der Waals surface area contributed by atoms with Crippen LogP contribution >= 0.6 is 11.3 Å². The van der Waals surface area contributed by atoms with E-state index in [1.165, 1.54) is 11.3 Å². The molecular formula is C21H18N2O4S. The van der Waals surface area contributed by atoms with Gasteiger partial charge in [0.25, 0.3) is 0 Å². The van der Waals surface area contributed by atoms with E-state index in [2.05, 4.69) is 10.6 Å². The maximum atomic E-state index is 12.8. The van der Waals surface area contributed by atoms with Crippen LogP contribution in [0.2, 0.25) is 0 Å². The second-order valence-corrected chi connectivity index (χ2v) is 7.55. The summed E-state index contributed by atoms with van der Waals surface area (Å²) in [5.74, 6) is -1.30. The molecule has 2 heterocycles. The van der Waals surface area contributed by atoms with E-state index in [0.717, 1.165) is 15.6 Å². The fourth-order valence-corrected chi connectivity index (χ4v) is 4.24. The van der Waals surface area contributed by atoms with Crippen LogP contribution in [-0.2, 0) is 14.3 Å². The molecule has 0 bridgehead atoms. The van der Waals surface area contributed by atoms with Crippen LogP contribution in [0.5, 0.6) is 0 Å². The Morgan fingerprint density at radius 3 is 2.86 bits per heavy atom. The molecule has 0 aliphatic carbocycles. The van der Waals surface area contributed by atoms with Gasteiger partial charge < -0.3 is 15.4 Å². The van der Waals surface area contributed by atoms with Crippen molar-refractivity contribution >= 4 is 50.6 Å². The Hall–Kier alpha value is -3.19. The molecule has 28 heavy (non-hydrogen) atoms. The average molecular weight is 394 g/mol. The quantitative estimate of drug-likeness (QED) is 0.651. The highest BCUT2D eigenvalue weighted by molar-refractivity contribution is 7.20. The van der Waals surface area contributed by atoms with Gasteiger partial charge in [-0.05, 0) is 48.2 Å². The summed E-state index contributed by atoms with van der Waals surface area (Å²) in [6, 6.07) is 14.6. The maximum absolute atomic E-state index is 12.8. The molecule has 0 spiro atoms. The molecule has 1 aliphatic heterocycles. The molecule has 1 aliphatic rings. The molecule has 0 saturated heterocycles. The largest absolute Gasteiger partial charge is 0.462 e. The number of benzene rings is 2. The Labute approximate surface area is 165 Å². The second-order valence-electron chi connectivity index (χ2n) is 6.47. The summed E-state index contributed by atoms with van der Waals surface area (Å²) in [6.07, 6.45) is 0.108. The zero-order valence-corrected chi connectivity index (χ0v) is 16.0. The number of nitrogens with one attached hydrogen (secondary N) is 2. The molecule has 142 valence electrons. The molecule has 3 aromatic rings. The van der Waals surface area contributed by atoms with E-state index in [4.69, 9.17) is 4.74 Å². The Bertz CT molecular complexity index is 1090. The molecule has 2 N–H and O–H groups in total. The number of anilines is 2. The summed E-state index contributed by atoms with van der Waals surface area (Å²) in [7, 11) is 0. The number of amides is 2. The molecule has 0 unspecified atom stereocenters. The predicted octanol–water partition coefficient (Wildman–Crippen LogP) is 4.14. The van der Waals surface area contributed by atoms with Crippen molar-refractivity contribution in [3.05, 3.63) is 59.0 Å². The van der Waals surface area contributed by atoms with E-state index in [-0.39, 0.29) is 24.2 Å². The van der Waals surface area contributed by atoms with Crippen molar-refractivity contribution < 1.29 is 19.1 Å². The van der Waals surface area contributed by atoms with E-state index in [9.17, 15) is 14.4 Å². The lowest BCUT2D eigenvalue weighted by Crippen LogP contribution is -2.30. The lowest BCUT2D eigenvalue weighted by atomic mass is 9.90. The van der Waals surface area contributed by atoms with Gasteiger partial charge in [-0.2, -0.15) is 0 Å². The molecule has 1 atom stereocenters. The highest BCUT2D eigenvalue weighted by Gasteiger charge is 2.30. The van der Waals surface area contributed by atoms with Crippen LogP contribution in [0.3, 0.4) is 0 Å². The molecule has 4 rings (SSSR count). The van der Waals surface area contributed by atoms with Crippen molar-refractivity contribution in [3.8, 4) is 0 Å². The van der Waals surface area contributed by atoms with Crippen LogP contribution in [0.15, 0.2) is 48.5 Å². The number of fused-ring (bicyclic) bond motifs is 2. The molecule has 1 aromatic heterocycles. The lowest BCUT2D eigenvalue weighted by molar-refractivity contribution is -0.123. The number of carbonyl (C=O) groups excluding carboxylic acids is 3. The van der Waals surface area contributed by atoms with Gasteiger partial charge >= 0.3 is 5.97 Å². The van der Waals surface area contributed by atoms with Gasteiger partial charge in [0.15, 0.2) is 0 Å². The topological polar surface area (TPSA) is 84.5 Å². The van der Waals surface area contributed by atoms with Crippen molar-refractivity contribution in [2.24, 2.45) is 0 Å². The van der Waals surface area contributed by atoms with Crippen LogP contribution in [0.25, 0.3) is 10.1 Å². The highest BCUT2D eigenvalue weighted by Crippen LogP contribution is 2.34. The summed E-state index contributed by atoms with van der Waals surface area (Å²) in [5, 5.41) is 6.55. The highest BCUT2D eigenvalue weighted by atomic mass is 32.1. The number of hydrogen-bond donors (Lipinski definition) is 2. The zero-order chi connectivity index (χ0) is 19.7. The van der Waals surface area contributed by atoms with Crippen LogP contribution < -0.4 is 10.6 Å². The van der Waals surface area contributed by atoms with Gasteiger partial charge in [0.1, 0.15) is 4.88 Å². The molecule has 0 radical (unpaired) electrons. The Morgan fingerprint density at radius 2 is 2.04 bits per heavy atom. The third kappa shape index (κ3) is 3.48. The first-order chi connectivity index (χ1) is 13.5. The third-order valence-corrected chi connectivity index (χ3v) is 5.67. The van der Waals surface area contributed by atoms with Gasteiger partial charge in [-0.15, -0.1) is 11.3 Å². The van der Waals surface area contributed by atoms with E-state index < -0.39 is 5.92 Å². The molecule has 2 aromatic carbocycles. The van der Waals surface area contributed by atoms with Gasteiger partial charge in [-0.1, -0.05) is 18.2 Å². The summed E-state index contributed by atoms with van der Waals surface area (Å²) in [5.41, 5.74) is 2.10. The summed E-state index contributed by atoms with van der Waals surface area (Å²) >= 11 is 1.35. The van der Waals surface area contributed by atoms with Crippen LogP contribution in [0, 0.1) is 0 Å². The molecule has 2 amide bonds. The first-order valence-corrected chi connectivity index (χ1v) is 9.77. The number of ether oxygens (including phenoxy) is 1. The SMILES string of the molecule is CCOC(=O)c1cc2cc(NC(=O)[C@@H]3CC(=O)Nc4ccccc43)ccc2s1. The second kappa shape index (κ2) is 7.44. The summed E-state index contributed by atoms with van der Waals surface area (Å²) < 4.78 is 5.97. The minimum atomic E-state index is -0.543. The number of rotatable bonds is 4. The van der Waals surface area contributed by atoms with E-state index in [1.807, 2.05) is 30.3 Å². The number of carbonyl (C=O) groups is 3. The monoisotopic (exact) mass is 394 g/mol. The van der Waals surface area contributed by atoms with Crippen LogP contribution in [0.4, 0.5) is 11.4 Å². The Morgan fingerprint density at radius 1 is 1.21 bits per heavy atom. The molecule has 0 saturated carbocycles. The number of para-hydroxylation sites is 1. The van der Waals surface area contributed by atoms with Crippen molar-refractivity contribution in [1.29, 1.82) is 0 Å². The van der Waals surface area contributed by atoms with E-state index in [1.54, 1.807) is 25.1 Å². The number of hydrogen-bond acceptors (Lipinski definition) is 5.